The molecule has 0 bridgehead atoms. The van der Waals surface area contributed by atoms with Gasteiger partial charge in [-0.05, 0) is 31.6 Å². The zero-order chi connectivity index (χ0) is 10.7. The fourth-order valence-corrected chi connectivity index (χ4v) is 1.95. The predicted octanol–water partition coefficient (Wildman–Crippen LogP) is -0.0643. The predicted molar refractivity (Wildman–Crippen MR) is 59.4 cm³/mol. The molecule has 86 valence electrons. The molecule has 1 aliphatic carbocycles. The molecule has 4 heteroatoms. The minimum atomic E-state index is 0.178. The number of carbonyl (C=O) groups is 1. The highest BCUT2D eigenvalue weighted by Gasteiger charge is 2.22. The molecular weight excluding hydrogens is 190 g/mol. The molecule has 4 nitrogen and oxygen atoms in total. The van der Waals surface area contributed by atoms with Crippen molar-refractivity contribution >= 4 is 5.91 Å². The Morgan fingerprint density at radius 2 is 1.93 bits per heavy atom. The summed E-state index contributed by atoms with van der Waals surface area (Å²) in [7, 11) is 0. The maximum absolute atomic E-state index is 11.5. The molecule has 2 fully saturated rings. The maximum atomic E-state index is 11.5. The van der Waals surface area contributed by atoms with E-state index >= 15 is 0 Å². The second-order valence-electron chi connectivity index (χ2n) is 4.86. The highest BCUT2D eigenvalue weighted by Crippen LogP contribution is 2.27. The summed E-state index contributed by atoms with van der Waals surface area (Å²) in [6.07, 6.45) is 4.63. The minimum Gasteiger partial charge on any atom is -0.355 e. The molecule has 2 rings (SSSR count). The van der Waals surface area contributed by atoms with Gasteiger partial charge < -0.3 is 11.1 Å². The van der Waals surface area contributed by atoms with Crippen LogP contribution in [-0.4, -0.2) is 43.0 Å². The molecule has 15 heavy (non-hydrogen) atoms. The third-order valence-electron chi connectivity index (χ3n) is 3.28. The van der Waals surface area contributed by atoms with Gasteiger partial charge in [0.15, 0.2) is 0 Å². The van der Waals surface area contributed by atoms with Crippen molar-refractivity contribution in [2.45, 2.75) is 31.7 Å². The van der Waals surface area contributed by atoms with Crippen LogP contribution in [0.25, 0.3) is 0 Å². The van der Waals surface area contributed by atoms with Crippen LogP contribution in [-0.2, 0) is 4.79 Å². The van der Waals surface area contributed by atoms with Gasteiger partial charge in [0.25, 0.3) is 0 Å². The summed E-state index contributed by atoms with van der Waals surface area (Å²) >= 11 is 0. The zero-order valence-electron chi connectivity index (χ0n) is 9.24. The number of hydrogen-bond acceptors (Lipinski definition) is 3. The van der Waals surface area contributed by atoms with E-state index in [1.807, 2.05) is 0 Å². The van der Waals surface area contributed by atoms with E-state index in [1.54, 1.807) is 0 Å². The second kappa shape index (κ2) is 4.94. The lowest BCUT2D eigenvalue weighted by atomic mass is 10.1. The van der Waals surface area contributed by atoms with Gasteiger partial charge in [0, 0.05) is 25.7 Å². The Balaban J connectivity index is 1.60. The van der Waals surface area contributed by atoms with E-state index in [9.17, 15) is 4.79 Å². The lowest BCUT2D eigenvalue weighted by Gasteiger charge is -2.29. The van der Waals surface area contributed by atoms with Gasteiger partial charge in [-0.15, -0.1) is 0 Å². The number of carbonyl (C=O) groups excluding carboxylic acids is 1. The van der Waals surface area contributed by atoms with Crippen LogP contribution in [0.1, 0.15) is 25.7 Å². The van der Waals surface area contributed by atoms with Crippen molar-refractivity contribution in [3.8, 4) is 0 Å². The van der Waals surface area contributed by atoms with Crippen molar-refractivity contribution in [2.75, 3.05) is 26.2 Å². The number of nitrogens with two attached hydrogens (primary N) is 1. The van der Waals surface area contributed by atoms with Crippen molar-refractivity contribution in [1.82, 2.24) is 10.2 Å². The molecule has 1 saturated heterocycles. The molecule has 0 aromatic rings. The Kier molecular flexibility index (Phi) is 3.59. The SMILES string of the molecule is NC1CCN(CC(=O)NCC2CC2)CC1. The summed E-state index contributed by atoms with van der Waals surface area (Å²) in [5, 5.41) is 2.99. The molecule has 1 amide bonds. The number of rotatable bonds is 4. The Morgan fingerprint density at radius 3 is 2.53 bits per heavy atom. The first-order valence-electron chi connectivity index (χ1n) is 5.98. The third-order valence-corrected chi connectivity index (χ3v) is 3.28. The molecule has 3 N–H and O–H groups in total. The van der Waals surface area contributed by atoms with Crippen LogP contribution in [0.4, 0.5) is 0 Å². The summed E-state index contributed by atoms with van der Waals surface area (Å²) in [5.74, 6) is 0.945. The Labute approximate surface area is 91.2 Å². The van der Waals surface area contributed by atoms with Crippen LogP contribution < -0.4 is 11.1 Å². The summed E-state index contributed by atoms with van der Waals surface area (Å²) in [5.41, 5.74) is 5.81. The quantitative estimate of drug-likeness (QED) is 0.684. The van der Waals surface area contributed by atoms with Crippen LogP contribution in [0.5, 0.6) is 0 Å². The van der Waals surface area contributed by atoms with E-state index in [0.717, 1.165) is 38.4 Å². The molecule has 0 unspecified atom stereocenters. The van der Waals surface area contributed by atoms with Crippen LogP contribution in [0.2, 0.25) is 0 Å². The molecule has 2 aliphatic rings. The lowest BCUT2D eigenvalue weighted by Crippen LogP contribution is -2.44. The van der Waals surface area contributed by atoms with Gasteiger partial charge in [0.2, 0.25) is 5.91 Å². The number of piperidine rings is 1. The van der Waals surface area contributed by atoms with Gasteiger partial charge in [0.1, 0.15) is 0 Å². The number of nitrogens with one attached hydrogen (secondary N) is 1. The lowest BCUT2D eigenvalue weighted by molar-refractivity contribution is -0.122. The van der Waals surface area contributed by atoms with Gasteiger partial charge in [-0.2, -0.15) is 0 Å². The fraction of sp³-hybridized carbons (Fsp3) is 0.909. The summed E-state index contributed by atoms with van der Waals surface area (Å²) in [6, 6.07) is 0.343. The number of nitrogens with zero attached hydrogens (tertiary/aromatic N) is 1. The first-order chi connectivity index (χ1) is 7.24. The first kappa shape index (κ1) is 10.9. The summed E-state index contributed by atoms with van der Waals surface area (Å²) < 4.78 is 0. The number of amides is 1. The van der Waals surface area contributed by atoms with Gasteiger partial charge in [-0.1, -0.05) is 0 Å². The van der Waals surface area contributed by atoms with E-state index in [-0.39, 0.29) is 5.91 Å². The first-order valence-corrected chi connectivity index (χ1v) is 5.98. The Bertz CT molecular complexity index is 220. The van der Waals surface area contributed by atoms with Crippen LogP contribution in [0, 0.1) is 5.92 Å². The van der Waals surface area contributed by atoms with Crippen LogP contribution in [0.3, 0.4) is 0 Å². The van der Waals surface area contributed by atoms with Crippen molar-refractivity contribution < 1.29 is 4.79 Å². The van der Waals surface area contributed by atoms with Gasteiger partial charge in [0.05, 0.1) is 6.54 Å². The summed E-state index contributed by atoms with van der Waals surface area (Å²) in [6.45, 7) is 3.38. The molecule has 0 spiro atoms. The molecule has 0 aromatic heterocycles. The largest absolute Gasteiger partial charge is 0.355 e. The number of hydrogen-bond donors (Lipinski definition) is 2. The molecule has 1 saturated carbocycles. The average Bonchev–Trinajstić information content (AvgIpc) is 3.02. The monoisotopic (exact) mass is 211 g/mol. The smallest absolute Gasteiger partial charge is 0.234 e. The molecule has 0 aromatic carbocycles. The van der Waals surface area contributed by atoms with E-state index in [2.05, 4.69) is 10.2 Å². The summed E-state index contributed by atoms with van der Waals surface area (Å²) in [4.78, 5) is 13.7. The topological polar surface area (TPSA) is 58.4 Å². The van der Waals surface area contributed by atoms with Gasteiger partial charge in [-0.3, -0.25) is 9.69 Å². The molecule has 1 heterocycles. The van der Waals surface area contributed by atoms with E-state index in [1.165, 1.54) is 12.8 Å². The molecule has 0 atom stereocenters. The van der Waals surface area contributed by atoms with Crippen molar-refractivity contribution in [3.63, 3.8) is 0 Å². The van der Waals surface area contributed by atoms with Crippen molar-refractivity contribution in [3.05, 3.63) is 0 Å². The van der Waals surface area contributed by atoms with Gasteiger partial charge in [-0.25, -0.2) is 0 Å². The molecular formula is C11H21N3O. The standard InChI is InChI=1S/C11H21N3O/c12-10-3-5-14(6-4-10)8-11(15)13-7-9-1-2-9/h9-10H,1-8,12H2,(H,13,15). The highest BCUT2D eigenvalue weighted by molar-refractivity contribution is 5.78. The highest BCUT2D eigenvalue weighted by atomic mass is 16.2. The average molecular weight is 211 g/mol. The normalized spacial score (nSPS) is 24.1. The Hall–Kier alpha value is -0.610. The number of likely N-dealkylation sites (tertiary alicyclic amines) is 1. The van der Waals surface area contributed by atoms with E-state index in [0.29, 0.717) is 12.6 Å². The van der Waals surface area contributed by atoms with E-state index in [4.69, 9.17) is 5.73 Å². The maximum Gasteiger partial charge on any atom is 0.234 e. The molecule has 1 aliphatic heterocycles. The zero-order valence-corrected chi connectivity index (χ0v) is 9.24. The molecule has 0 radical (unpaired) electrons. The van der Waals surface area contributed by atoms with E-state index < -0.39 is 0 Å². The van der Waals surface area contributed by atoms with Crippen molar-refractivity contribution in [2.24, 2.45) is 11.7 Å². The van der Waals surface area contributed by atoms with Crippen LogP contribution >= 0.6 is 0 Å². The third kappa shape index (κ3) is 3.80. The van der Waals surface area contributed by atoms with Crippen LogP contribution in [0.15, 0.2) is 0 Å². The minimum absolute atomic E-state index is 0.178. The van der Waals surface area contributed by atoms with Crippen molar-refractivity contribution in [1.29, 1.82) is 0 Å². The fourth-order valence-electron chi connectivity index (χ4n) is 1.95. The second-order valence-corrected chi connectivity index (χ2v) is 4.86. The Morgan fingerprint density at radius 1 is 1.27 bits per heavy atom. The van der Waals surface area contributed by atoms with Gasteiger partial charge >= 0.3 is 0 Å².